The van der Waals surface area contributed by atoms with E-state index in [2.05, 4.69) is 30.5 Å². The van der Waals surface area contributed by atoms with Crippen LogP contribution in [0.4, 0.5) is 11.4 Å². The molecule has 2 rings (SSSR count). The van der Waals surface area contributed by atoms with Crippen molar-refractivity contribution in [1.82, 2.24) is 0 Å². The van der Waals surface area contributed by atoms with Crippen LogP contribution >= 0.6 is 0 Å². The average molecular weight is 333 g/mol. The first-order valence-electron chi connectivity index (χ1n) is 8.39. The quantitative estimate of drug-likeness (QED) is 0.579. The molecule has 1 atom stereocenters. The molecule has 0 aliphatic carbocycles. The molecule has 0 saturated heterocycles. The fourth-order valence-electron chi connectivity index (χ4n) is 2.41. The zero-order chi connectivity index (χ0) is 18.2. The van der Waals surface area contributed by atoms with Crippen LogP contribution in [0.1, 0.15) is 37.3 Å². The summed E-state index contributed by atoms with van der Waals surface area (Å²) in [6.07, 6.45) is 2.48. The molecule has 0 aliphatic heterocycles. The zero-order valence-corrected chi connectivity index (χ0v) is 14.8. The monoisotopic (exact) mass is 333 g/mol. The molecule has 2 N–H and O–H groups in total. The summed E-state index contributed by atoms with van der Waals surface area (Å²) in [6.45, 7) is 6.26. The predicted octanol–water partition coefficient (Wildman–Crippen LogP) is 4.97. The van der Waals surface area contributed by atoms with Crippen LogP contribution in [-0.4, -0.2) is 5.91 Å². The van der Waals surface area contributed by atoms with E-state index >= 15 is 0 Å². The van der Waals surface area contributed by atoms with E-state index in [4.69, 9.17) is 0 Å². The topological polar surface area (TPSA) is 64.9 Å². The van der Waals surface area contributed by atoms with Crippen molar-refractivity contribution < 1.29 is 4.79 Å². The Morgan fingerprint density at radius 2 is 1.88 bits per heavy atom. The summed E-state index contributed by atoms with van der Waals surface area (Å²) in [5.41, 5.74) is 3.87. The number of carbonyl (C=O) groups excluding carboxylic acids is 1. The normalized spacial score (nSPS) is 12.2. The Balaban J connectivity index is 2.14. The summed E-state index contributed by atoms with van der Waals surface area (Å²) in [5, 5.41) is 15.1. The van der Waals surface area contributed by atoms with E-state index < -0.39 is 5.91 Å². The van der Waals surface area contributed by atoms with Crippen molar-refractivity contribution in [2.45, 2.75) is 33.1 Å². The first kappa shape index (κ1) is 18.3. The lowest BCUT2D eigenvalue weighted by Crippen LogP contribution is -2.14. The molecule has 1 amide bonds. The van der Waals surface area contributed by atoms with Gasteiger partial charge in [-0.05, 0) is 43.0 Å². The van der Waals surface area contributed by atoms with Gasteiger partial charge in [0.15, 0.2) is 0 Å². The molecule has 4 nitrogen and oxygen atoms in total. The largest absolute Gasteiger partial charge is 0.360 e. The number of anilines is 2. The molecule has 0 radical (unpaired) electrons. The summed E-state index contributed by atoms with van der Waals surface area (Å²) < 4.78 is 0. The number of nitrogens with zero attached hydrogens (tertiary/aromatic N) is 1. The second kappa shape index (κ2) is 8.70. The minimum absolute atomic E-state index is 0.0273. The summed E-state index contributed by atoms with van der Waals surface area (Å²) >= 11 is 0. The van der Waals surface area contributed by atoms with Crippen LogP contribution < -0.4 is 10.6 Å². The first-order chi connectivity index (χ1) is 12.0. The zero-order valence-electron chi connectivity index (χ0n) is 14.8. The van der Waals surface area contributed by atoms with Gasteiger partial charge in [0.05, 0.1) is 0 Å². The van der Waals surface area contributed by atoms with Crippen LogP contribution in [0.3, 0.4) is 0 Å². The second-order valence-corrected chi connectivity index (χ2v) is 6.03. The van der Waals surface area contributed by atoms with Gasteiger partial charge >= 0.3 is 0 Å². The van der Waals surface area contributed by atoms with Gasteiger partial charge in [0, 0.05) is 17.6 Å². The Bertz CT molecular complexity index is 801. The lowest BCUT2D eigenvalue weighted by Gasteiger charge is -2.14. The van der Waals surface area contributed by atoms with E-state index in [1.807, 2.05) is 55.5 Å². The summed E-state index contributed by atoms with van der Waals surface area (Å²) in [7, 11) is 0. The Hall–Kier alpha value is -3.06. The molecule has 0 aromatic heterocycles. The Morgan fingerprint density at radius 3 is 2.52 bits per heavy atom. The Labute approximate surface area is 149 Å². The van der Waals surface area contributed by atoms with Crippen molar-refractivity contribution in [2.75, 3.05) is 10.6 Å². The summed E-state index contributed by atoms with van der Waals surface area (Å²) in [4.78, 5) is 12.3. The van der Waals surface area contributed by atoms with Crippen LogP contribution in [0.2, 0.25) is 0 Å². The number of hydrogen-bond acceptors (Lipinski definition) is 3. The van der Waals surface area contributed by atoms with Crippen molar-refractivity contribution in [3.05, 3.63) is 71.4 Å². The van der Waals surface area contributed by atoms with Gasteiger partial charge in [-0.3, -0.25) is 4.79 Å². The van der Waals surface area contributed by atoms with Gasteiger partial charge in [0.2, 0.25) is 0 Å². The third-order valence-electron chi connectivity index (χ3n) is 4.15. The highest BCUT2D eigenvalue weighted by molar-refractivity contribution is 6.06. The molecule has 25 heavy (non-hydrogen) atoms. The number of hydrogen-bond donors (Lipinski definition) is 2. The van der Waals surface area contributed by atoms with E-state index in [1.54, 1.807) is 0 Å². The number of carbonyl (C=O) groups is 1. The molecular formula is C21H23N3O. The number of rotatable bonds is 6. The molecule has 2 aromatic rings. The van der Waals surface area contributed by atoms with Crippen molar-refractivity contribution >= 4 is 17.3 Å². The molecule has 0 aliphatic rings. The Kier molecular flexibility index (Phi) is 6.36. The molecule has 0 saturated carbocycles. The third-order valence-corrected chi connectivity index (χ3v) is 4.15. The first-order valence-corrected chi connectivity index (χ1v) is 8.39. The van der Waals surface area contributed by atoms with Gasteiger partial charge in [-0.15, -0.1) is 0 Å². The fraction of sp³-hybridized carbons (Fsp3) is 0.238. The number of nitriles is 1. The van der Waals surface area contributed by atoms with E-state index in [0.29, 0.717) is 11.6 Å². The van der Waals surface area contributed by atoms with Gasteiger partial charge < -0.3 is 10.6 Å². The van der Waals surface area contributed by atoms with Crippen molar-refractivity contribution in [1.29, 1.82) is 5.26 Å². The van der Waals surface area contributed by atoms with Crippen LogP contribution in [0.5, 0.6) is 0 Å². The minimum atomic E-state index is -0.431. The average Bonchev–Trinajstić information content (AvgIpc) is 2.64. The smallest absolute Gasteiger partial charge is 0.267 e. The number of para-hydroxylation sites is 1. The van der Waals surface area contributed by atoms with Crippen LogP contribution in [0.25, 0.3) is 0 Å². The van der Waals surface area contributed by atoms with E-state index in [1.165, 1.54) is 6.20 Å². The molecule has 0 bridgehead atoms. The molecule has 0 spiro atoms. The van der Waals surface area contributed by atoms with E-state index in [9.17, 15) is 10.1 Å². The maximum absolute atomic E-state index is 12.3. The number of nitrogens with one attached hydrogen (secondary N) is 2. The van der Waals surface area contributed by atoms with Crippen LogP contribution in [-0.2, 0) is 4.79 Å². The maximum Gasteiger partial charge on any atom is 0.267 e. The fourth-order valence-corrected chi connectivity index (χ4v) is 2.41. The number of aryl methyl sites for hydroxylation is 1. The van der Waals surface area contributed by atoms with Crippen molar-refractivity contribution in [3.63, 3.8) is 0 Å². The maximum atomic E-state index is 12.3. The SMILES string of the molecule is CCC(C)c1ccccc1N/C=C(/C#N)C(=O)Nc1ccc(C)cc1. The molecule has 1 unspecified atom stereocenters. The molecule has 2 aromatic carbocycles. The lowest BCUT2D eigenvalue weighted by atomic mass is 9.97. The number of benzene rings is 2. The molecule has 0 fully saturated rings. The van der Waals surface area contributed by atoms with Crippen LogP contribution in [0, 0.1) is 18.3 Å². The molecule has 128 valence electrons. The van der Waals surface area contributed by atoms with E-state index in [-0.39, 0.29) is 5.57 Å². The highest BCUT2D eigenvalue weighted by Gasteiger charge is 2.11. The van der Waals surface area contributed by atoms with Gasteiger partial charge in [-0.1, -0.05) is 49.7 Å². The second-order valence-electron chi connectivity index (χ2n) is 6.03. The van der Waals surface area contributed by atoms with Gasteiger partial charge in [-0.2, -0.15) is 5.26 Å². The molecule has 0 heterocycles. The molecule has 4 heteroatoms. The van der Waals surface area contributed by atoms with E-state index in [0.717, 1.165) is 23.2 Å². The highest BCUT2D eigenvalue weighted by atomic mass is 16.1. The minimum Gasteiger partial charge on any atom is -0.360 e. The standard InChI is InChI=1S/C21H23N3O/c1-4-16(3)19-7-5-6-8-20(19)23-14-17(13-22)21(25)24-18-11-9-15(2)10-12-18/h5-12,14,16,23H,4H2,1-3H3,(H,24,25)/b17-14-. The number of amides is 1. The van der Waals surface area contributed by atoms with Gasteiger partial charge in [0.1, 0.15) is 11.6 Å². The van der Waals surface area contributed by atoms with Gasteiger partial charge in [0.25, 0.3) is 5.91 Å². The molecular weight excluding hydrogens is 310 g/mol. The predicted molar refractivity (Wildman–Crippen MR) is 102 cm³/mol. The van der Waals surface area contributed by atoms with Crippen molar-refractivity contribution in [2.24, 2.45) is 0 Å². The van der Waals surface area contributed by atoms with Gasteiger partial charge in [-0.25, -0.2) is 0 Å². The highest BCUT2D eigenvalue weighted by Crippen LogP contribution is 2.26. The van der Waals surface area contributed by atoms with Crippen LogP contribution in [0.15, 0.2) is 60.3 Å². The summed E-state index contributed by atoms with van der Waals surface area (Å²) in [5.74, 6) is -0.0381. The summed E-state index contributed by atoms with van der Waals surface area (Å²) in [6, 6.07) is 17.3. The Morgan fingerprint density at radius 1 is 1.20 bits per heavy atom. The lowest BCUT2D eigenvalue weighted by molar-refractivity contribution is -0.112. The third kappa shape index (κ3) is 4.95. The van der Waals surface area contributed by atoms with Crippen molar-refractivity contribution in [3.8, 4) is 6.07 Å².